The normalized spacial score (nSPS) is 15.3. The van der Waals surface area contributed by atoms with E-state index in [4.69, 9.17) is 9.15 Å². The van der Waals surface area contributed by atoms with Gasteiger partial charge in [-0.15, -0.1) is 10.2 Å². The fourth-order valence-electron chi connectivity index (χ4n) is 2.84. The number of ether oxygens (including phenoxy) is 1. The molecule has 0 radical (unpaired) electrons. The van der Waals surface area contributed by atoms with Gasteiger partial charge in [-0.2, -0.15) is 0 Å². The third-order valence-electron chi connectivity index (χ3n) is 4.26. The van der Waals surface area contributed by atoms with Crippen molar-refractivity contribution in [3.63, 3.8) is 0 Å². The molecule has 0 unspecified atom stereocenters. The minimum atomic E-state index is 0.156. The Bertz CT molecular complexity index is 666. The van der Waals surface area contributed by atoms with Crippen molar-refractivity contribution < 1.29 is 13.9 Å². The first-order chi connectivity index (χ1) is 12.2. The van der Waals surface area contributed by atoms with Crippen LogP contribution in [0.25, 0.3) is 0 Å². The molecule has 3 rings (SSSR count). The molecule has 0 N–H and O–H groups in total. The second kappa shape index (κ2) is 8.62. The van der Waals surface area contributed by atoms with Gasteiger partial charge in [0.25, 0.3) is 0 Å². The molecule has 1 saturated heterocycles. The summed E-state index contributed by atoms with van der Waals surface area (Å²) in [5, 5.41) is 7.85. The van der Waals surface area contributed by atoms with E-state index >= 15 is 0 Å². The van der Waals surface area contributed by atoms with Gasteiger partial charge in [-0.3, -0.25) is 9.69 Å². The van der Waals surface area contributed by atoms with Crippen LogP contribution in [0.3, 0.4) is 0 Å². The van der Waals surface area contributed by atoms with E-state index < -0.39 is 0 Å². The number of piperazine rings is 1. The van der Waals surface area contributed by atoms with Crippen molar-refractivity contribution in [3.8, 4) is 5.75 Å². The topological polar surface area (TPSA) is 71.7 Å². The summed E-state index contributed by atoms with van der Waals surface area (Å²) in [7, 11) is 0. The van der Waals surface area contributed by atoms with Gasteiger partial charge in [-0.1, -0.05) is 18.2 Å². The van der Waals surface area contributed by atoms with Crippen LogP contribution in [0.1, 0.15) is 18.2 Å². The average Bonchev–Trinajstić information content (AvgIpc) is 3.06. The Morgan fingerprint density at radius 3 is 2.60 bits per heavy atom. The maximum Gasteiger partial charge on any atom is 0.226 e. The number of hydrogen-bond acceptors (Lipinski definition) is 6. The van der Waals surface area contributed by atoms with Crippen LogP contribution in [-0.4, -0.2) is 65.2 Å². The summed E-state index contributed by atoms with van der Waals surface area (Å²) in [4.78, 5) is 16.5. The smallest absolute Gasteiger partial charge is 0.226 e. The van der Waals surface area contributed by atoms with Gasteiger partial charge in [-0.05, 0) is 12.1 Å². The van der Waals surface area contributed by atoms with Gasteiger partial charge >= 0.3 is 0 Å². The fourth-order valence-corrected chi connectivity index (χ4v) is 2.84. The largest absolute Gasteiger partial charge is 0.493 e. The SMILES string of the molecule is Cc1nnc(CCN2CCN(C(=O)CCOc3ccccc3)CC2)o1. The highest BCUT2D eigenvalue weighted by molar-refractivity contribution is 5.76. The number of nitrogens with zero attached hydrogens (tertiary/aromatic N) is 4. The molecule has 0 aliphatic carbocycles. The summed E-state index contributed by atoms with van der Waals surface area (Å²) in [6, 6.07) is 9.58. The Hall–Kier alpha value is -2.41. The molecule has 1 aliphatic heterocycles. The number of amides is 1. The predicted molar refractivity (Wildman–Crippen MR) is 92.3 cm³/mol. The predicted octanol–water partition coefficient (Wildman–Crippen LogP) is 1.53. The number of carbonyl (C=O) groups is 1. The van der Waals surface area contributed by atoms with Crippen LogP contribution in [-0.2, 0) is 11.2 Å². The van der Waals surface area contributed by atoms with Crippen LogP contribution in [0.2, 0.25) is 0 Å². The van der Waals surface area contributed by atoms with Crippen molar-refractivity contribution in [1.29, 1.82) is 0 Å². The van der Waals surface area contributed by atoms with Gasteiger partial charge in [0.1, 0.15) is 5.75 Å². The van der Waals surface area contributed by atoms with E-state index in [0.29, 0.717) is 24.8 Å². The first-order valence-corrected chi connectivity index (χ1v) is 8.67. The molecule has 0 bridgehead atoms. The molecule has 0 saturated carbocycles. The molecular formula is C18H24N4O3. The minimum absolute atomic E-state index is 0.156. The van der Waals surface area contributed by atoms with Crippen molar-refractivity contribution in [1.82, 2.24) is 20.0 Å². The molecule has 1 aliphatic rings. The van der Waals surface area contributed by atoms with Crippen molar-refractivity contribution in [3.05, 3.63) is 42.1 Å². The maximum atomic E-state index is 12.3. The monoisotopic (exact) mass is 344 g/mol. The Labute approximate surface area is 147 Å². The van der Waals surface area contributed by atoms with Gasteiger partial charge in [0.2, 0.25) is 17.7 Å². The standard InChI is InChI=1S/C18H24N4O3/c1-15-19-20-17(25-15)7-9-21-10-12-22(13-11-21)18(23)8-14-24-16-5-3-2-4-6-16/h2-6H,7-14H2,1H3. The minimum Gasteiger partial charge on any atom is -0.493 e. The third kappa shape index (κ3) is 5.29. The Kier molecular flexibility index (Phi) is 6.00. The summed E-state index contributed by atoms with van der Waals surface area (Å²) >= 11 is 0. The quantitative estimate of drug-likeness (QED) is 0.759. The molecule has 0 atom stereocenters. The molecule has 1 aromatic carbocycles. The van der Waals surface area contributed by atoms with Crippen molar-refractivity contribution >= 4 is 5.91 Å². The van der Waals surface area contributed by atoms with Crippen LogP contribution in [0.15, 0.2) is 34.7 Å². The Morgan fingerprint density at radius 1 is 1.16 bits per heavy atom. The number of rotatable bonds is 7. The molecule has 1 fully saturated rings. The molecule has 7 heteroatoms. The van der Waals surface area contributed by atoms with Gasteiger partial charge in [0.05, 0.1) is 13.0 Å². The second-order valence-corrected chi connectivity index (χ2v) is 6.10. The van der Waals surface area contributed by atoms with Crippen molar-refractivity contribution in [2.75, 3.05) is 39.3 Å². The molecule has 1 amide bonds. The highest BCUT2D eigenvalue weighted by Crippen LogP contribution is 2.10. The number of aromatic nitrogens is 2. The number of benzene rings is 1. The zero-order chi connectivity index (χ0) is 17.5. The van der Waals surface area contributed by atoms with Gasteiger partial charge in [0, 0.05) is 46.1 Å². The van der Waals surface area contributed by atoms with E-state index in [-0.39, 0.29) is 5.91 Å². The Morgan fingerprint density at radius 2 is 1.92 bits per heavy atom. The van der Waals surface area contributed by atoms with Crippen molar-refractivity contribution in [2.45, 2.75) is 19.8 Å². The molecule has 2 heterocycles. The third-order valence-corrected chi connectivity index (χ3v) is 4.26. The van der Waals surface area contributed by atoms with Gasteiger partial charge in [-0.25, -0.2) is 0 Å². The maximum absolute atomic E-state index is 12.3. The number of para-hydroxylation sites is 1. The number of carbonyl (C=O) groups excluding carboxylic acids is 1. The van der Waals surface area contributed by atoms with Gasteiger partial charge in [0.15, 0.2) is 0 Å². The van der Waals surface area contributed by atoms with E-state index in [2.05, 4.69) is 15.1 Å². The van der Waals surface area contributed by atoms with E-state index in [0.717, 1.165) is 44.9 Å². The lowest BCUT2D eigenvalue weighted by Crippen LogP contribution is -2.49. The van der Waals surface area contributed by atoms with Crippen LogP contribution in [0, 0.1) is 6.92 Å². The van der Waals surface area contributed by atoms with Crippen molar-refractivity contribution in [2.24, 2.45) is 0 Å². The van der Waals surface area contributed by atoms with E-state index in [1.807, 2.05) is 35.2 Å². The zero-order valence-electron chi connectivity index (χ0n) is 14.6. The highest BCUT2D eigenvalue weighted by Gasteiger charge is 2.21. The molecule has 1 aromatic heterocycles. The number of aryl methyl sites for hydroxylation is 1. The van der Waals surface area contributed by atoms with Crippen LogP contribution < -0.4 is 4.74 Å². The van der Waals surface area contributed by atoms with E-state index in [1.165, 1.54) is 0 Å². The number of hydrogen-bond donors (Lipinski definition) is 0. The lowest BCUT2D eigenvalue weighted by atomic mass is 10.2. The second-order valence-electron chi connectivity index (χ2n) is 6.10. The van der Waals surface area contributed by atoms with E-state index in [1.54, 1.807) is 6.92 Å². The fraction of sp³-hybridized carbons (Fsp3) is 0.500. The summed E-state index contributed by atoms with van der Waals surface area (Å²) in [5.41, 5.74) is 0. The van der Waals surface area contributed by atoms with Crippen LogP contribution >= 0.6 is 0 Å². The average molecular weight is 344 g/mol. The van der Waals surface area contributed by atoms with Crippen LogP contribution in [0.4, 0.5) is 0 Å². The van der Waals surface area contributed by atoms with Crippen LogP contribution in [0.5, 0.6) is 5.75 Å². The summed E-state index contributed by atoms with van der Waals surface area (Å²) < 4.78 is 11.0. The van der Waals surface area contributed by atoms with Gasteiger partial charge < -0.3 is 14.1 Å². The molecular weight excluding hydrogens is 320 g/mol. The summed E-state index contributed by atoms with van der Waals surface area (Å²) in [5.74, 6) is 2.23. The molecule has 7 nitrogen and oxygen atoms in total. The zero-order valence-corrected chi connectivity index (χ0v) is 14.6. The lowest BCUT2D eigenvalue weighted by molar-refractivity contribution is -0.133. The summed E-state index contributed by atoms with van der Waals surface area (Å²) in [6.45, 7) is 6.35. The van der Waals surface area contributed by atoms with E-state index in [9.17, 15) is 4.79 Å². The molecule has 2 aromatic rings. The molecule has 134 valence electrons. The summed E-state index contributed by atoms with van der Waals surface area (Å²) in [6.07, 6.45) is 1.16. The Balaban J connectivity index is 1.33. The lowest BCUT2D eigenvalue weighted by Gasteiger charge is -2.34. The molecule has 0 spiro atoms. The highest BCUT2D eigenvalue weighted by atomic mass is 16.5. The first kappa shape index (κ1) is 17.4. The first-order valence-electron chi connectivity index (χ1n) is 8.67. The molecule has 25 heavy (non-hydrogen) atoms.